The molecule has 1 saturated heterocycles. The highest BCUT2D eigenvalue weighted by atomic mass is 16.5. The summed E-state index contributed by atoms with van der Waals surface area (Å²) >= 11 is 0. The van der Waals surface area contributed by atoms with E-state index in [2.05, 4.69) is 26.6 Å². The minimum Gasteiger partial charge on any atom is -0.492 e. The molecule has 150 valence electrons. The number of nitrogens with zero attached hydrogens (tertiary/aromatic N) is 3. The van der Waals surface area contributed by atoms with Crippen molar-refractivity contribution in [1.82, 2.24) is 20.4 Å². The molecule has 1 aliphatic rings. The number of guanidine groups is 1. The third-order valence-corrected chi connectivity index (χ3v) is 4.62. The van der Waals surface area contributed by atoms with Gasteiger partial charge in [0.05, 0.1) is 0 Å². The number of nitrogens with one attached hydrogen (secondary N) is 2. The van der Waals surface area contributed by atoms with Crippen LogP contribution in [-0.2, 0) is 11.3 Å². The normalized spacial score (nSPS) is 17.3. The Morgan fingerprint density at radius 3 is 2.85 bits per heavy atom. The van der Waals surface area contributed by atoms with Gasteiger partial charge >= 0.3 is 0 Å². The molecule has 27 heavy (non-hydrogen) atoms. The van der Waals surface area contributed by atoms with Gasteiger partial charge in [0.15, 0.2) is 5.96 Å². The standard InChI is InChI=1S/C20H33N5O2/c1-5-19(26)25-11-10-17(15-25)23-20(21-2)22-14-16-8-6-7-9-18(16)27-13-12-24(3)4/h6-9,17H,5,10-15H2,1-4H3,(H2,21,22,23). The smallest absolute Gasteiger partial charge is 0.222 e. The number of likely N-dealkylation sites (N-methyl/N-ethyl adjacent to an activating group) is 1. The molecule has 1 amide bonds. The van der Waals surface area contributed by atoms with Gasteiger partial charge in [-0.3, -0.25) is 9.79 Å². The Labute approximate surface area is 162 Å². The summed E-state index contributed by atoms with van der Waals surface area (Å²) in [6.45, 7) is 5.60. The first-order valence-corrected chi connectivity index (χ1v) is 9.63. The maximum absolute atomic E-state index is 11.8. The number of para-hydroxylation sites is 1. The lowest BCUT2D eigenvalue weighted by molar-refractivity contribution is -0.129. The molecule has 0 bridgehead atoms. The molecule has 0 spiro atoms. The van der Waals surface area contributed by atoms with Crippen LogP contribution in [0.15, 0.2) is 29.3 Å². The van der Waals surface area contributed by atoms with Gasteiger partial charge < -0.3 is 25.2 Å². The maximum atomic E-state index is 11.8. The highest BCUT2D eigenvalue weighted by molar-refractivity contribution is 5.80. The number of benzene rings is 1. The van der Waals surface area contributed by atoms with Crippen LogP contribution in [0.25, 0.3) is 0 Å². The minimum absolute atomic E-state index is 0.214. The van der Waals surface area contributed by atoms with Crippen LogP contribution in [0, 0.1) is 0 Å². The third-order valence-electron chi connectivity index (χ3n) is 4.62. The highest BCUT2D eigenvalue weighted by Crippen LogP contribution is 2.17. The van der Waals surface area contributed by atoms with Crippen molar-refractivity contribution in [3.05, 3.63) is 29.8 Å². The summed E-state index contributed by atoms with van der Waals surface area (Å²) in [5, 5.41) is 6.78. The molecule has 7 nitrogen and oxygen atoms in total. The van der Waals surface area contributed by atoms with E-state index in [0.29, 0.717) is 19.6 Å². The molecule has 1 heterocycles. The molecule has 1 atom stereocenters. The second-order valence-electron chi connectivity index (χ2n) is 7.01. The molecule has 0 saturated carbocycles. The Morgan fingerprint density at radius 1 is 1.37 bits per heavy atom. The highest BCUT2D eigenvalue weighted by Gasteiger charge is 2.25. The first-order chi connectivity index (χ1) is 13.0. The second-order valence-corrected chi connectivity index (χ2v) is 7.01. The van der Waals surface area contributed by atoms with Crippen LogP contribution in [0.4, 0.5) is 0 Å². The summed E-state index contributed by atoms with van der Waals surface area (Å²) in [5.74, 6) is 1.85. The number of ether oxygens (including phenoxy) is 1. The van der Waals surface area contributed by atoms with Gasteiger partial charge in [-0.25, -0.2) is 0 Å². The number of hydrogen-bond acceptors (Lipinski definition) is 4. The molecular weight excluding hydrogens is 342 g/mol. The summed E-state index contributed by atoms with van der Waals surface area (Å²) in [4.78, 5) is 20.2. The van der Waals surface area contributed by atoms with Gasteiger partial charge in [0.2, 0.25) is 5.91 Å². The maximum Gasteiger partial charge on any atom is 0.222 e. The van der Waals surface area contributed by atoms with Crippen molar-refractivity contribution >= 4 is 11.9 Å². The number of amides is 1. The Balaban J connectivity index is 1.85. The fourth-order valence-electron chi connectivity index (χ4n) is 3.02. The molecule has 0 radical (unpaired) electrons. The molecule has 0 aromatic heterocycles. The van der Waals surface area contributed by atoms with Gasteiger partial charge in [0, 0.05) is 51.3 Å². The molecule has 1 fully saturated rings. The number of aliphatic imine (C=N–C) groups is 1. The van der Waals surface area contributed by atoms with E-state index < -0.39 is 0 Å². The van der Waals surface area contributed by atoms with Gasteiger partial charge in [0.25, 0.3) is 0 Å². The van der Waals surface area contributed by atoms with Crippen molar-refractivity contribution in [3.63, 3.8) is 0 Å². The van der Waals surface area contributed by atoms with E-state index in [0.717, 1.165) is 43.3 Å². The van der Waals surface area contributed by atoms with E-state index >= 15 is 0 Å². The largest absolute Gasteiger partial charge is 0.492 e. The van der Waals surface area contributed by atoms with Crippen molar-refractivity contribution in [3.8, 4) is 5.75 Å². The number of rotatable bonds is 8. The number of carbonyl (C=O) groups excluding carboxylic acids is 1. The van der Waals surface area contributed by atoms with Crippen LogP contribution < -0.4 is 15.4 Å². The minimum atomic E-state index is 0.214. The van der Waals surface area contributed by atoms with E-state index in [1.165, 1.54) is 0 Å². The number of likely N-dealkylation sites (tertiary alicyclic amines) is 1. The van der Waals surface area contributed by atoms with Crippen molar-refractivity contribution in [1.29, 1.82) is 0 Å². The average Bonchev–Trinajstić information content (AvgIpc) is 3.13. The average molecular weight is 376 g/mol. The van der Waals surface area contributed by atoms with E-state index in [1.807, 2.05) is 44.1 Å². The first kappa shape index (κ1) is 21.0. The lowest BCUT2D eigenvalue weighted by Gasteiger charge is -2.19. The lowest BCUT2D eigenvalue weighted by Crippen LogP contribution is -2.44. The zero-order chi connectivity index (χ0) is 19.6. The summed E-state index contributed by atoms with van der Waals surface area (Å²) in [6.07, 6.45) is 1.50. The summed E-state index contributed by atoms with van der Waals surface area (Å²) < 4.78 is 5.91. The van der Waals surface area contributed by atoms with Gasteiger partial charge in [-0.1, -0.05) is 25.1 Å². The van der Waals surface area contributed by atoms with Crippen molar-refractivity contribution in [2.24, 2.45) is 4.99 Å². The first-order valence-electron chi connectivity index (χ1n) is 9.63. The van der Waals surface area contributed by atoms with Crippen LogP contribution >= 0.6 is 0 Å². The van der Waals surface area contributed by atoms with Crippen LogP contribution in [-0.4, -0.2) is 75.1 Å². The SMILES string of the molecule is CCC(=O)N1CCC(NC(=NC)NCc2ccccc2OCCN(C)C)C1. The predicted molar refractivity (Wildman–Crippen MR) is 109 cm³/mol. The van der Waals surface area contributed by atoms with Gasteiger partial charge in [-0.2, -0.15) is 0 Å². The summed E-state index contributed by atoms with van der Waals surface area (Å²) in [6, 6.07) is 8.28. The number of carbonyl (C=O) groups is 1. The third kappa shape index (κ3) is 6.75. The summed E-state index contributed by atoms with van der Waals surface area (Å²) in [5.41, 5.74) is 1.09. The Kier molecular flexibility index (Phi) is 8.39. The van der Waals surface area contributed by atoms with Crippen LogP contribution in [0.1, 0.15) is 25.3 Å². The lowest BCUT2D eigenvalue weighted by atomic mass is 10.2. The van der Waals surface area contributed by atoms with Crippen molar-refractivity contribution in [2.45, 2.75) is 32.4 Å². The number of hydrogen-bond donors (Lipinski definition) is 2. The predicted octanol–water partition coefficient (Wildman–Crippen LogP) is 1.30. The fourth-order valence-corrected chi connectivity index (χ4v) is 3.02. The van der Waals surface area contributed by atoms with Gasteiger partial charge in [0.1, 0.15) is 12.4 Å². The molecule has 1 aliphatic heterocycles. The Bertz CT molecular complexity index is 633. The van der Waals surface area contributed by atoms with Gasteiger partial charge in [-0.05, 0) is 26.6 Å². The molecule has 7 heteroatoms. The van der Waals surface area contributed by atoms with Gasteiger partial charge in [-0.15, -0.1) is 0 Å². The molecule has 2 rings (SSSR count). The van der Waals surface area contributed by atoms with Crippen molar-refractivity contribution < 1.29 is 9.53 Å². The molecule has 1 aromatic carbocycles. The second kappa shape index (κ2) is 10.8. The molecule has 0 aliphatic carbocycles. The van der Waals surface area contributed by atoms with Crippen LogP contribution in [0.2, 0.25) is 0 Å². The molecule has 1 aromatic rings. The van der Waals surface area contributed by atoms with E-state index in [4.69, 9.17) is 4.74 Å². The zero-order valence-corrected chi connectivity index (χ0v) is 17.0. The van der Waals surface area contributed by atoms with Crippen molar-refractivity contribution in [2.75, 3.05) is 47.4 Å². The fraction of sp³-hybridized carbons (Fsp3) is 0.600. The summed E-state index contributed by atoms with van der Waals surface area (Å²) in [7, 11) is 5.83. The zero-order valence-electron chi connectivity index (χ0n) is 17.0. The molecule has 1 unspecified atom stereocenters. The van der Waals surface area contributed by atoms with E-state index in [1.54, 1.807) is 7.05 Å². The quantitative estimate of drug-likeness (QED) is 0.530. The Hall–Kier alpha value is -2.28. The van der Waals surface area contributed by atoms with E-state index in [-0.39, 0.29) is 11.9 Å². The van der Waals surface area contributed by atoms with Crippen LogP contribution in [0.5, 0.6) is 5.75 Å². The molecular formula is C20H33N5O2. The molecule has 2 N–H and O–H groups in total. The topological polar surface area (TPSA) is 69.2 Å². The monoisotopic (exact) mass is 375 g/mol. The Morgan fingerprint density at radius 2 is 2.15 bits per heavy atom. The van der Waals surface area contributed by atoms with E-state index in [9.17, 15) is 4.79 Å². The van der Waals surface area contributed by atoms with Crippen LogP contribution in [0.3, 0.4) is 0 Å².